The van der Waals surface area contributed by atoms with Crippen LogP contribution in [0.4, 0.5) is 6.01 Å². The van der Waals surface area contributed by atoms with Crippen LogP contribution in [0.2, 0.25) is 0 Å². The van der Waals surface area contributed by atoms with Gasteiger partial charge in [0.15, 0.2) is 0 Å². The van der Waals surface area contributed by atoms with Crippen LogP contribution < -0.4 is 5.73 Å². The van der Waals surface area contributed by atoms with Gasteiger partial charge in [0.05, 0.1) is 0 Å². The summed E-state index contributed by atoms with van der Waals surface area (Å²) in [6, 6.07) is 6.38. The summed E-state index contributed by atoms with van der Waals surface area (Å²) < 4.78 is 5.18. The Morgan fingerprint density at radius 1 is 1.13 bits per heavy atom. The van der Waals surface area contributed by atoms with Crippen LogP contribution in [0.15, 0.2) is 22.6 Å². The van der Waals surface area contributed by atoms with Gasteiger partial charge < -0.3 is 10.2 Å². The van der Waals surface area contributed by atoms with Crippen LogP contribution in [-0.2, 0) is 12.8 Å². The summed E-state index contributed by atoms with van der Waals surface area (Å²) >= 11 is 0. The highest BCUT2D eigenvalue weighted by molar-refractivity contribution is 5.56. The fourth-order valence-electron chi connectivity index (χ4n) is 2.06. The maximum atomic E-state index is 5.39. The lowest BCUT2D eigenvalue weighted by molar-refractivity contribution is 0.590. The summed E-state index contributed by atoms with van der Waals surface area (Å²) in [4.78, 5) is 0. The number of nitrogens with zero attached hydrogens (tertiary/aromatic N) is 2. The van der Waals surface area contributed by atoms with Crippen LogP contribution in [-0.4, -0.2) is 10.2 Å². The Morgan fingerprint density at radius 2 is 2.00 bits per heavy atom. The Hall–Kier alpha value is -1.84. The summed E-state index contributed by atoms with van der Waals surface area (Å²) in [7, 11) is 0. The zero-order valence-corrected chi connectivity index (χ0v) is 8.23. The lowest BCUT2D eigenvalue weighted by Crippen LogP contribution is -1.84. The third kappa shape index (κ3) is 1.38. The van der Waals surface area contributed by atoms with Crippen molar-refractivity contribution in [2.45, 2.75) is 19.3 Å². The number of anilines is 1. The van der Waals surface area contributed by atoms with E-state index in [9.17, 15) is 0 Å². The highest BCUT2D eigenvalue weighted by atomic mass is 16.4. The van der Waals surface area contributed by atoms with Crippen molar-refractivity contribution in [3.8, 4) is 11.5 Å². The predicted molar refractivity (Wildman–Crippen MR) is 56.2 cm³/mol. The molecule has 0 amide bonds. The van der Waals surface area contributed by atoms with Gasteiger partial charge >= 0.3 is 6.01 Å². The second-order valence-corrected chi connectivity index (χ2v) is 3.78. The molecular formula is C11H11N3O. The first-order valence-corrected chi connectivity index (χ1v) is 5.04. The van der Waals surface area contributed by atoms with Crippen molar-refractivity contribution in [3.05, 3.63) is 29.3 Å². The number of fused-ring (bicyclic) bond motifs is 1. The van der Waals surface area contributed by atoms with E-state index in [1.54, 1.807) is 0 Å². The molecule has 0 saturated heterocycles. The number of aryl methyl sites for hydroxylation is 2. The van der Waals surface area contributed by atoms with E-state index in [-0.39, 0.29) is 6.01 Å². The average Bonchev–Trinajstić information content (AvgIpc) is 2.84. The molecule has 15 heavy (non-hydrogen) atoms. The maximum absolute atomic E-state index is 5.39. The lowest BCUT2D eigenvalue weighted by Gasteiger charge is -2.00. The maximum Gasteiger partial charge on any atom is 0.313 e. The smallest absolute Gasteiger partial charge is 0.313 e. The normalized spacial score (nSPS) is 14.1. The predicted octanol–water partition coefficient (Wildman–Crippen LogP) is 1.81. The first-order valence-electron chi connectivity index (χ1n) is 5.04. The Balaban J connectivity index is 2.06. The molecule has 1 heterocycles. The minimum Gasteiger partial charge on any atom is -0.404 e. The molecule has 4 heteroatoms. The van der Waals surface area contributed by atoms with Gasteiger partial charge in [-0.15, -0.1) is 5.10 Å². The van der Waals surface area contributed by atoms with Crippen LogP contribution in [0.3, 0.4) is 0 Å². The third-order valence-electron chi connectivity index (χ3n) is 2.79. The van der Waals surface area contributed by atoms with Gasteiger partial charge in [-0.1, -0.05) is 11.2 Å². The van der Waals surface area contributed by atoms with Gasteiger partial charge in [-0.05, 0) is 42.5 Å². The van der Waals surface area contributed by atoms with Crippen LogP contribution in [0, 0.1) is 0 Å². The molecule has 0 saturated carbocycles. The van der Waals surface area contributed by atoms with Gasteiger partial charge in [-0.2, -0.15) is 0 Å². The Labute approximate surface area is 87.1 Å². The zero-order chi connectivity index (χ0) is 10.3. The SMILES string of the molecule is Nc1nnc(-c2ccc3c(c2)CCC3)o1. The highest BCUT2D eigenvalue weighted by Gasteiger charge is 2.13. The third-order valence-corrected chi connectivity index (χ3v) is 2.79. The molecular weight excluding hydrogens is 190 g/mol. The van der Waals surface area contributed by atoms with Crippen molar-refractivity contribution in [3.63, 3.8) is 0 Å². The van der Waals surface area contributed by atoms with Crippen molar-refractivity contribution >= 4 is 6.01 Å². The molecule has 1 aliphatic rings. The van der Waals surface area contributed by atoms with Gasteiger partial charge in [0.25, 0.3) is 0 Å². The van der Waals surface area contributed by atoms with E-state index < -0.39 is 0 Å². The Kier molecular flexibility index (Phi) is 1.74. The van der Waals surface area contributed by atoms with Crippen molar-refractivity contribution in [2.24, 2.45) is 0 Å². The van der Waals surface area contributed by atoms with E-state index in [0.29, 0.717) is 5.89 Å². The molecule has 76 valence electrons. The second kappa shape index (κ2) is 3.08. The number of aromatic nitrogens is 2. The fraction of sp³-hybridized carbons (Fsp3) is 0.273. The average molecular weight is 201 g/mol. The minimum absolute atomic E-state index is 0.116. The van der Waals surface area contributed by atoms with Crippen LogP contribution in [0.5, 0.6) is 0 Å². The molecule has 0 radical (unpaired) electrons. The molecule has 1 aromatic carbocycles. The Morgan fingerprint density at radius 3 is 2.80 bits per heavy atom. The number of rotatable bonds is 1. The summed E-state index contributed by atoms with van der Waals surface area (Å²) in [6.07, 6.45) is 3.57. The van der Waals surface area contributed by atoms with Crippen LogP contribution in [0.25, 0.3) is 11.5 Å². The van der Waals surface area contributed by atoms with Gasteiger partial charge in [-0.25, -0.2) is 0 Å². The molecule has 2 aromatic rings. The van der Waals surface area contributed by atoms with E-state index >= 15 is 0 Å². The zero-order valence-electron chi connectivity index (χ0n) is 8.23. The first kappa shape index (κ1) is 8.47. The second-order valence-electron chi connectivity index (χ2n) is 3.78. The number of nitrogens with two attached hydrogens (primary N) is 1. The fourth-order valence-corrected chi connectivity index (χ4v) is 2.06. The van der Waals surface area contributed by atoms with Crippen molar-refractivity contribution in [1.82, 2.24) is 10.2 Å². The van der Waals surface area contributed by atoms with E-state index in [0.717, 1.165) is 12.0 Å². The standard InChI is InChI=1S/C11H11N3O/c12-11-14-13-10(15-11)9-5-4-7-2-1-3-8(7)6-9/h4-6H,1-3H2,(H2,12,14). The summed E-state index contributed by atoms with van der Waals surface area (Å²) in [5.41, 5.74) is 9.18. The highest BCUT2D eigenvalue weighted by Crippen LogP contribution is 2.27. The quantitative estimate of drug-likeness (QED) is 0.764. The van der Waals surface area contributed by atoms with Gasteiger partial charge in [0, 0.05) is 5.56 Å². The van der Waals surface area contributed by atoms with Crippen LogP contribution in [0.1, 0.15) is 17.5 Å². The van der Waals surface area contributed by atoms with Crippen LogP contribution >= 0.6 is 0 Å². The van der Waals surface area contributed by atoms with Crippen molar-refractivity contribution in [1.29, 1.82) is 0 Å². The number of benzene rings is 1. The molecule has 0 unspecified atom stereocenters. The lowest BCUT2D eigenvalue weighted by atomic mass is 10.1. The summed E-state index contributed by atoms with van der Waals surface area (Å²) in [5.74, 6) is 0.502. The van der Waals surface area contributed by atoms with Gasteiger partial charge in [0.2, 0.25) is 5.89 Å². The summed E-state index contributed by atoms with van der Waals surface area (Å²) in [6.45, 7) is 0. The monoisotopic (exact) mass is 201 g/mol. The first-order chi connectivity index (χ1) is 7.33. The summed E-state index contributed by atoms with van der Waals surface area (Å²) in [5, 5.41) is 7.52. The Bertz CT molecular complexity index is 504. The molecule has 1 aromatic heterocycles. The molecule has 4 nitrogen and oxygen atoms in total. The van der Waals surface area contributed by atoms with E-state index in [2.05, 4.69) is 22.3 Å². The van der Waals surface area contributed by atoms with E-state index in [4.69, 9.17) is 10.2 Å². The van der Waals surface area contributed by atoms with E-state index in [1.807, 2.05) is 6.07 Å². The van der Waals surface area contributed by atoms with Gasteiger partial charge in [0.1, 0.15) is 0 Å². The van der Waals surface area contributed by atoms with Gasteiger partial charge in [-0.3, -0.25) is 0 Å². The molecule has 3 rings (SSSR count). The topological polar surface area (TPSA) is 64.9 Å². The number of nitrogen functional groups attached to an aromatic ring is 1. The number of hydrogen-bond acceptors (Lipinski definition) is 4. The molecule has 1 aliphatic carbocycles. The molecule has 0 fully saturated rings. The van der Waals surface area contributed by atoms with Crippen molar-refractivity contribution < 1.29 is 4.42 Å². The molecule has 2 N–H and O–H groups in total. The van der Waals surface area contributed by atoms with Crippen molar-refractivity contribution in [2.75, 3.05) is 5.73 Å². The van der Waals surface area contributed by atoms with E-state index in [1.165, 1.54) is 24.0 Å². The largest absolute Gasteiger partial charge is 0.404 e. The molecule has 0 bridgehead atoms. The minimum atomic E-state index is 0.116. The molecule has 0 aliphatic heterocycles. The number of hydrogen-bond donors (Lipinski definition) is 1. The molecule has 0 spiro atoms. The molecule has 0 atom stereocenters.